The van der Waals surface area contributed by atoms with Crippen molar-refractivity contribution >= 4 is 23.2 Å². The lowest BCUT2D eigenvalue weighted by atomic mass is 9.56. The van der Waals surface area contributed by atoms with Crippen molar-refractivity contribution in [3.05, 3.63) is 34.1 Å². The van der Waals surface area contributed by atoms with Crippen LogP contribution in [-0.2, 0) is 22.6 Å². The van der Waals surface area contributed by atoms with Gasteiger partial charge in [-0.2, -0.15) is 0 Å². The summed E-state index contributed by atoms with van der Waals surface area (Å²) < 4.78 is 0. The molecule has 0 spiro atoms. The number of carbonyl (C=O) groups excluding carboxylic acids is 3. The molecule has 0 aromatic heterocycles. The molecule has 0 radical (unpaired) electrons. The topological polar surface area (TPSA) is 177 Å². The minimum absolute atomic E-state index is 0.00473. The van der Waals surface area contributed by atoms with Crippen molar-refractivity contribution in [1.82, 2.24) is 10.2 Å². The number of hydrogen-bond acceptors (Lipinski definition) is 10. The zero-order valence-corrected chi connectivity index (χ0v) is 24.3. The van der Waals surface area contributed by atoms with Crippen molar-refractivity contribution in [3.63, 3.8) is 0 Å². The lowest BCUT2D eigenvalue weighted by Gasteiger charge is -2.53. The molecule has 0 saturated heterocycles. The van der Waals surface area contributed by atoms with Gasteiger partial charge in [-0.25, -0.2) is 0 Å². The number of aliphatic hydroxyl groups is 3. The molecule has 6 atom stereocenters. The van der Waals surface area contributed by atoms with Crippen LogP contribution >= 0.6 is 0 Å². The van der Waals surface area contributed by atoms with Crippen LogP contribution in [0.3, 0.4) is 0 Å². The van der Waals surface area contributed by atoms with Crippen LogP contribution in [0.4, 0.5) is 5.69 Å². The number of phenolic OH excluding ortho intramolecular Hbond substituents is 1. The van der Waals surface area contributed by atoms with Gasteiger partial charge in [-0.1, -0.05) is 20.8 Å². The molecule has 40 heavy (non-hydrogen) atoms. The second-order valence-corrected chi connectivity index (χ2v) is 13.1. The van der Waals surface area contributed by atoms with Gasteiger partial charge in [0.2, 0.25) is 5.91 Å². The van der Waals surface area contributed by atoms with Gasteiger partial charge in [-0.3, -0.25) is 14.4 Å². The number of primary amides is 1. The predicted octanol–water partition coefficient (Wildman–Crippen LogP) is 0.487. The Morgan fingerprint density at radius 2 is 1.80 bits per heavy atom. The molecule has 11 nitrogen and oxygen atoms in total. The van der Waals surface area contributed by atoms with Gasteiger partial charge >= 0.3 is 0 Å². The first-order valence-corrected chi connectivity index (χ1v) is 13.6. The number of aliphatic hydroxyl groups excluding tert-OH is 2. The number of Topliss-reactive ketones (excluding diaryl/α,β-unsaturated/α-hetero) is 2. The quantitative estimate of drug-likeness (QED) is 0.269. The largest absolute Gasteiger partial charge is 0.508 e. The maximum atomic E-state index is 14.1. The van der Waals surface area contributed by atoms with Crippen LogP contribution in [0, 0.1) is 23.2 Å². The number of anilines is 1. The Balaban J connectivity index is 1.88. The van der Waals surface area contributed by atoms with E-state index in [1.807, 2.05) is 25.1 Å². The molecule has 220 valence electrons. The molecule has 1 aromatic rings. The molecule has 3 aliphatic rings. The molecule has 3 aliphatic carbocycles. The molecular weight excluding hydrogens is 516 g/mol. The zero-order chi connectivity index (χ0) is 30.1. The van der Waals surface area contributed by atoms with E-state index in [0.717, 1.165) is 5.69 Å². The van der Waals surface area contributed by atoms with E-state index < -0.39 is 58.7 Å². The van der Waals surface area contributed by atoms with Crippen LogP contribution in [0.2, 0.25) is 0 Å². The van der Waals surface area contributed by atoms with Crippen molar-refractivity contribution in [2.75, 3.05) is 39.6 Å². The average Bonchev–Trinajstić information content (AvgIpc) is 2.81. The fourth-order valence-corrected chi connectivity index (χ4v) is 6.81. The molecule has 7 N–H and O–H groups in total. The Labute approximate surface area is 234 Å². The number of fused-ring (bicyclic) bond motifs is 3. The van der Waals surface area contributed by atoms with E-state index in [0.29, 0.717) is 24.2 Å². The minimum Gasteiger partial charge on any atom is -0.508 e. The van der Waals surface area contributed by atoms with E-state index in [-0.39, 0.29) is 35.1 Å². The third kappa shape index (κ3) is 4.58. The fraction of sp³-hybridized carbons (Fsp3) is 0.621. The van der Waals surface area contributed by atoms with E-state index >= 15 is 0 Å². The summed E-state index contributed by atoms with van der Waals surface area (Å²) in [5, 5.41) is 49.0. The predicted molar refractivity (Wildman–Crippen MR) is 149 cm³/mol. The van der Waals surface area contributed by atoms with Gasteiger partial charge in [0.05, 0.1) is 11.7 Å². The molecule has 11 heteroatoms. The zero-order valence-electron chi connectivity index (χ0n) is 24.3. The first kappa shape index (κ1) is 30.0. The van der Waals surface area contributed by atoms with E-state index in [9.17, 15) is 34.8 Å². The first-order valence-electron chi connectivity index (χ1n) is 13.6. The van der Waals surface area contributed by atoms with E-state index in [4.69, 9.17) is 5.73 Å². The van der Waals surface area contributed by atoms with Crippen molar-refractivity contribution in [1.29, 1.82) is 0 Å². The highest BCUT2D eigenvalue weighted by Crippen LogP contribution is 2.53. The minimum atomic E-state index is -2.60. The summed E-state index contributed by atoms with van der Waals surface area (Å²) in [7, 11) is 6.96. The number of aromatic hydroxyl groups is 1. The molecule has 4 rings (SSSR count). The van der Waals surface area contributed by atoms with Crippen molar-refractivity contribution in [2.45, 2.75) is 57.9 Å². The number of hydrogen-bond donors (Lipinski definition) is 6. The number of phenols is 1. The fourth-order valence-electron chi connectivity index (χ4n) is 6.81. The highest BCUT2D eigenvalue weighted by atomic mass is 16.3. The Hall–Kier alpha value is -2.99. The molecule has 1 saturated carbocycles. The first-order chi connectivity index (χ1) is 18.4. The number of carbonyl (C=O) groups is 3. The number of benzene rings is 1. The summed E-state index contributed by atoms with van der Waals surface area (Å²) in [6.45, 7) is 7.19. The summed E-state index contributed by atoms with van der Waals surface area (Å²) in [5.41, 5.74) is 4.57. The normalized spacial score (nSPS) is 30.2. The van der Waals surface area contributed by atoms with Crippen molar-refractivity contribution in [2.24, 2.45) is 28.9 Å². The van der Waals surface area contributed by atoms with E-state index in [1.165, 1.54) is 0 Å². The van der Waals surface area contributed by atoms with Crippen molar-refractivity contribution in [3.8, 4) is 5.75 Å². The van der Waals surface area contributed by atoms with Gasteiger partial charge in [0.1, 0.15) is 17.4 Å². The Morgan fingerprint density at radius 3 is 2.33 bits per heavy atom. The number of likely N-dealkylation sites (N-methyl/N-ethyl adjacent to an activating group) is 1. The van der Waals surface area contributed by atoms with Gasteiger partial charge in [-0.05, 0) is 49.9 Å². The number of nitrogens with one attached hydrogen (secondary N) is 1. The summed E-state index contributed by atoms with van der Waals surface area (Å²) >= 11 is 0. The molecule has 1 amide bonds. The molecule has 0 bridgehead atoms. The SMILES string of the molecule is CN(C)c1cc(CNCC(C)(C)C)c(O)c2c1C[C@H]1C[C@H]3C(N(C)C)C(O)C(C(N)=O)C(=O)[C@@]3(O)C(O)=C1C2=O. The number of allylic oxidation sites excluding steroid dienone is 1. The van der Waals surface area contributed by atoms with Crippen molar-refractivity contribution < 1.29 is 34.8 Å². The van der Waals surface area contributed by atoms with Crippen LogP contribution in [0.15, 0.2) is 17.4 Å². The molecule has 0 heterocycles. The van der Waals surface area contributed by atoms with Gasteiger partial charge in [0, 0.05) is 56.0 Å². The summed E-state index contributed by atoms with van der Waals surface area (Å²) in [5.74, 6) is -7.36. The molecule has 1 aromatic carbocycles. The standard InChI is InChI=1S/C29H42N4O7/c1-28(2,3)12-31-11-14-10-17(32(4)5)15-8-13-9-16-21(33(6)7)24(36)20(27(30)39)26(38)29(16,40)25(37)18(13)23(35)19(15)22(14)34/h10,13,16,20-21,24,31,34,36-37,40H,8-9,11-12H2,1-7H3,(H2,30,39)/t13-,16-,20?,21?,24?,29-/m0/s1. The maximum absolute atomic E-state index is 14.1. The number of ketones is 2. The third-order valence-electron chi connectivity index (χ3n) is 8.60. The molecule has 1 fully saturated rings. The van der Waals surface area contributed by atoms with Crippen LogP contribution in [0.5, 0.6) is 5.75 Å². The average molecular weight is 559 g/mol. The third-order valence-corrected chi connectivity index (χ3v) is 8.60. The van der Waals surface area contributed by atoms with Crippen LogP contribution in [0.25, 0.3) is 0 Å². The summed E-state index contributed by atoms with van der Waals surface area (Å²) in [4.78, 5) is 43.2. The van der Waals surface area contributed by atoms with Gasteiger partial charge in [-0.15, -0.1) is 0 Å². The number of rotatable bonds is 6. The lowest BCUT2D eigenvalue weighted by molar-refractivity contribution is -0.178. The second-order valence-electron chi connectivity index (χ2n) is 13.1. The van der Waals surface area contributed by atoms with Crippen LogP contribution < -0.4 is 16.0 Å². The summed E-state index contributed by atoms with van der Waals surface area (Å²) in [6.07, 6.45) is -1.16. The van der Waals surface area contributed by atoms with Gasteiger partial charge < -0.3 is 41.3 Å². The Bertz CT molecular complexity index is 1280. The number of nitrogens with zero attached hydrogens (tertiary/aromatic N) is 2. The van der Waals surface area contributed by atoms with Gasteiger partial charge in [0.25, 0.3) is 0 Å². The number of amides is 1. The van der Waals surface area contributed by atoms with Crippen LogP contribution in [0.1, 0.15) is 48.7 Å². The monoisotopic (exact) mass is 558 g/mol. The maximum Gasteiger partial charge on any atom is 0.230 e. The highest BCUT2D eigenvalue weighted by molar-refractivity contribution is 6.16. The lowest BCUT2D eigenvalue weighted by Crippen LogP contribution is -2.71. The Kier molecular flexibility index (Phi) is 7.59. The van der Waals surface area contributed by atoms with Gasteiger partial charge in [0.15, 0.2) is 17.2 Å². The molecule has 3 unspecified atom stereocenters. The second kappa shape index (κ2) is 10.1. The van der Waals surface area contributed by atoms with Crippen LogP contribution in [-0.4, -0.2) is 95.3 Å². The molecule has 0 aliphatic heterocycles. The summed E-state index contributed by atoms with van der Waals surface area (Å²) in [6, 6.07) is 0.942. The number of nitrogens with two attached hydrogens (primary N) is 1. The Morgan fingerprint density at radius 1 is 1.18 bits per heavy atom. The molecular formula is C29H42N4O7. The van der Waals surface area contributed by atoms with E-state index in [2.05, 4.69) is 26.1 Å². The smallest absolute Gasteiger partial charge is 0.230 e. The van der Waals surface area contributed by atoms with E-state index in [1.54, 1.807) is 19.0 Å². The highest BCUT2D eigenvalue weighted by Gasteiger charge is 2.66.